The van der Waals surface area contributed by atoms with Crippen LogP contribution < -0.4 is 0 Å². The molecule has 0 saturated carbocycles. The van der Waals surface area contributed by atoms with Crippen molar-refractivity contribution >= 4 is 0 Å². The van der Waals surface area contributed by atoms with Crippen LogP contribution in [0.2, 0.25) is 0 Å². The predicted molar refractivity (Wildman–Crippen MR) is 68.8 cm³/mol. The van der Waals surface area contributed by atoms with E-state index in [9.17, 15) is 0 Å². The van der Waals surface area contributed by atoms with E-state index in [1.165, 1.54) is 0 Å². The lowest BCUT2D eigenvalue weighted by Gasteiger charge is -2.30. The van der Waals surface area contributed by atoms with Crippen LogP contribution in [-0.2, 0) is 9.47 Å². The van der Waals surface area contributed by atoms with Crippen LogP contribution in [-0.4, -0.2) is 52.0 Å². The predicted octanol–water partition coefficient (Wildman–Crippen LogP) is 2.18. The molecule has 3 nitrogen and oxygen atoms in total. The topological polar surface area (TPSA) is 21.7 Å². The summed E-state index contributed by atoms with van der Waals surface area (Å²) in [5.41, 5.74) is 0.0858. The molecule has 0 radical (unpaired) electrons. The highest BCUT2D eigenvalue weighted by molar-refractivity contribution is 4.94. The number of ether oxygens (including phenoxy) is 2. The molecule has 0 unspecified atom stereocenters. The summed E-state index contributed by atoms with van der Waals surface area (Å²) in [6.45, 7) is 8.98. The molecule has 16 heavy (non-hydrogen) atoms. The van der Waals surface area contributed by atoms with Gasteiger partial charge in [0, 0.05) is 35.2 Å². The average Bonchev–Trinajstić information content (AvgIpc) is 2.30. The van der Waals surface area contributed by atoms with E-state index in [4.69, 9.17) is 10.8 Å². The Morgan fingerprint density at radius 1 is 1.19 bits per heavy atom. The molecule has 96 valence electrons. The summed E-state index contributed by atoms with van der Waals surface area (Å²) in [4.78, 5) is 2.33. The molecule has 0 saturated heterocycles. The van der Waals surface area contributed by atoms with Crippen LogP contribution in [0.5, 0.6) is 0 Å². The SMILES string of the molecule is [2H]C/C=C/C(C)(C)CN(CCOC)CCOC. The fourth-order valence-electron chi connectivity index (χ4n) is 1.66. The molecule has 0 heterocycles. The second-order valence-electron chi connectivity index (χ2n) is 4.65. The first-order valence-electron chi connectivity index (χ1n) is 6.43. The van der Waals surface area contributed by atoms with Gasteiger partial charge in [-0.3, -0.25) is 4.90 Å². The van der Waals surface area contributed by atoms with Crippen molar-refractivity contribution in [3.05, 3.63) is 12.2 Å². The maximum Gasteiger partial charge on any atom is 0.0589 e. The molecule has 0 aliphatic carbocycles. The van der Waals surface area contributed by atoms with E-state index in [0.29, 0.717) is 6.90 Å². The number of allylic oxidation sites excluding steroid dienone is 1. The van der Waals surface area contributed by atoms with Gasteiger partial charge in [-0.05, 0) is 12.3 Å². The van der Waals surface area contributed by atoms with E-state index in [0.717, 1.165) is 32.8 Å². The maximum atomic E-state index is 7.15. The van der Waals surface area contributed by atoms with Crippen molar-refractivity contribution in [3.8, 4) is 0 Å². The Kier molecular flexibility index (Phi) is 7.47. The Morgan fingerprint density at radius 3 is 2.19 bits per heavy atom. The minimum atomic E-state index is 0.0858. The molecule has 0 aliphatic heterocycles. The van der Waals surface area contributed by atoms with Gasteiger partial charge < -0.3 is 9.47 Å². The van der Waals surface area contributed by atoms with E-state index in [1.807, 2.05) is 6.08 Å². The molecule has 0 atom stereocenters. The van der Waals surface area contributed by atoms with Crippen LogP contribution in [0.1, 0.15) is 22.1 Å². The van der Waals surface area contributed by atoms with Crippen molar-refractivity contribution in [1.82, 2.24) is 4.90 Å². The molecule has 0 aromatic heterocycles. The Morgan fingerprint density at radius 2 is 1.75 bits per heavy atom. The molecule has 0 aromatic rings. The highest BCUT2D eigenvalue weighted by Gasteiger charge is 2.18. The summed E-state index contributed by atoms with van der Waals surface area (Å²) in [7, 11) is 3.44. The molecule has 0 aliphatic rings. The van der Waals surface area contributed by atoms with Crippen molar-refractivity contribution in [2.45, 2.75) is 20.7 Å². The molecule has 0 bridgehead atoms. The zero-order valence-corrected chi connectivity index (χ0v) is 11.2. The normalized spacial score (nSPS) is 13.7. The Hall–Kier alpha value is -0.380. The highest BCUT2D eigenvalue weighted by atomic mass is 16.5. The largest absolute Gasteiger partial charge is 0.383 e. The van der Waals surface area contributed by atoms with Gasteiger partial charge in [-0.25, -0.2) is 0 Å². The van der Waals surface area contributed by atoms with Crippen molar-refractivity contribution in [1.29, 1.82) is 0 Å². The maximum absolute atomic E-state index is 7.15. The zero-order chi connectivity index (χ0) is 13.1. The van der Waals surface area contributed by atoms with Crippen molar-refractivity contribution in [2.75, 3.05) is 47.1 Å². The van der Waals surface area contributed by atoms with Gasteiger partial charge in [-0.1, -0.05) is 26.0 Å². The van der Waals surface area contributed by atoms with Crippen LogP contribution >= 0.6 is 0 Å². The Labute approximate surface area is 102 Å². The summed E-state index contributed by atoms with van der Waals surface area (Å²) >= 11 is 0. The summed E-state index contributed by atoms with van der Waals surface area (Å²) in [5, 5.41) is 0. The molecule has 0 rings (SSSR count). The van der Waals surface area contributed by atoms with Gasteiger partial charge in [0.15, 0.2) is 0 Å². The molecule has 0 aromatic carbocycles. The lowest BCUT2D eigenvalue weighted by atomic mass is 9.92. The van der Waals surface area contributed by atoms with Crippen LogP contribution in [0.3, 0.4) is 0 Å². The van der Waals surface area contributed by atoms with Crippen molar-refractivity contribution < 1.29 is 10.8 Å². The third-order valence-corrected chi connectivity index (χ3v) is 2.42. The molecule has 0 amide bonds. The molecule has 3 heteroatoms. The summed E-state index contributed by atoms with van der Waals surface area (Å²) in [5.74, 6) is 0. The fourth-order valence-corrected chi connectivity index (χ4v) is 1.66. The number of methoxy groups -OCH3 is 2. The minimum Gasteiger partial charge on any atom is -0.383 e. The standard InChI is InChI=1S/C13H27NO2/c1-6-7-13(2,3)12-14(8-10-15-4)9-11-16-5/h6-7H,8-12H2,1-5H3/b7-6+/i1D. The first kappa shape index (κ1) is 13.7. The van der Waals surface area contributed by atoms with Crippen molar-refractivity contribution in [3.63, 3.8) is 0 Å². The Bertz CT molecular complexity index is 200. The first-order valence-corrected chi connectivity index (χ1v) is 5.73. The number of hydrogen-bond donors (Lipinski definition) is 0. The second-order valence-corrected chi connectivity index (χ2v) is 4.65. The van der Waals surface area contributed by atoms with E-state index in [1.54, 1.807) is 14.2 Å². The van der Waals surface area contributed by atoms with Gasteiger partial charge in [0.05, 0.1) is 13.2 Å². The van der Waals surface area contributed by atoms with Crippen LogP contribution in [0, 0.1) is 5.41 Å². The summed E-state index contributed by atoms with van der Waals surface area (Å²) < 4.78 is 17.4. The van der Waals surface area contributed by atoms with E-state index >= 15 is 0 Å². The van der Waals surface area contributed by atoms with Crippen LogP contribution in [0.4, 0.5) is 0 Å². The zero-order valence-electron chi connectivity index (χ0n) is 12.2. The van der Waals surface area contributed by atoms with Gasteiger partial charge in [0.2, 0.25) is 0 Å². The van der Waals surface area contributed by atoms with E-state index in [2.05, 4.69) is 24.8 Å². The molecular formula is C13H27NO2. The van der Waals surface area contributed by atoms with Crippen LogP contribution in [0.15, 0.2) is 12.2 Å². The third-order valence-electron chi connectivity index (χ3n) is 2.42. The lowest BCUT2D eigenvalue weighted by Crippen LogP contribution is -2.37. The van der Waals surface area contributed by atoms with E-state index < -0.39 is 0 Å². The molecule has 0 fully saturated rings. The van der Waals surface area contributed by atoms with Gasteiger partial charge in [0.1, 0.15) is 0 Å². The fraction of sp³-hybridized carbons (Fsp3) is 0.846. The lowest BCUT2D eigenvalue weighted by molar-refractivity contribution is 0.0979. The van der Waals surface area contributed by atoms with Gasteiger partial charge in [-0.15, -0.1) is 0 Å². The molecule has 0 N–H and O–H groups in total. The number of rotatable bonds is 9. The van der Waals surface area contributed by atoms with Crippen LogP contribution in [0.25, 0.3) is 0 Å². The number of hydrogen-bond acceptors (Lipinski definition) is 3. The average molecular weight is 230 g/mol. The summed E-state index contributed by atoms with van der Waals surface area (Å²) in [6.07, 6.45) is 4.03. The first-order chi connectivity index (χ1) is 8.05. The highest BCUT2D eigenvalue weighted by Crippen LogP contribution is 2.18. The third kappa shape index (κ3) is 7.85. The number of nitrogens with zero attached hydrogens (tertiary/aromatic N) is 1. The molecular weight excluding hydrogens is 202 g/mol. The van der Waals surface area contributed by atoms with Crippen molar-refractivity contribution in [2.24, 2.45) is 5.41 Å². The van der Waals surface area contributed by atoms with Gasteiger partial charge in [0.25, 0.3) is 0 Å². The molecule has 0 spiro atoms. The van der Waals surface area contributed by atoms with Gasteiger partial charge >= 0.3 is 0 Å². The monoisotopic (exact) mass is 230 g/mol. The van der Waals surface area contributed by atoms with Gasteiger partial charge in [-0.2, -0.15) is 0 Å². The quantitative estimate of drug-likeness (QED) is 0.567. The minimum absolute atomic E-state index is 0.0858. The smallest absolute Gasteiger partial charge is 0.0589 e. The van der Waals surface area contributed by atoms with E-state index in [-0.39, 0.29) is 5.41 Å². The summed E-state index contributed by atoms with van der Waals surface area (Å²) in [6, 6.07) is 0. The second kappa shape index (κ2) is 8.74. The Balaban J connectivity index is 4.22.